The van der Waals surface area contributed by atoms with Gasteiger partial charge in [0.15, 0.2) is 0 Å². The fraction of sp³-hybridized carbons (Fsp3) is 0.312. The molecule has 3 rings (SSSR count). The van der Waals surface area contributed by atoms with Crippen molar-refractivity contribution in [1.82, 2.24) is 14.9 Å². The summed E-state index contributed by atoms with van der Waals surface area (Å²) in [6.07, 6.45) is 0. The molecule has 2 aromatic rings. The summed E-state index contributed by atoms with van der Waals surface area (Å²) in [6, 6.07) is 7.99. The molecule has 24 heavy (non-hydrogen) atoms. The third-order valence-electron chi connectivity index (χ3n) is 4.12. The van der Waals surface area contributed by atoms with Crippen molar-refractivity contribution in [2.75, 3.05) is 49.6 Å². The van der Waals surface area contributed by atoms with Crippen LogP contribution in [0.15, 0.2) is 22.7 Å². The minimum absolute atomic E-state index is 0.0637. The summed E-state index contributed by atoms with van der Waals surface area (Å²) in [6.45, 7) is 3.76. The second kappa shape index (κ2) is 6.63. The zero-order valence-electron chi connectivity index (χ0n) is 13.3. The zero-order chi connectivity index (χ0) is 17.3. The van der Waals surface area contributed by atoms with Crippen molar-refractivity contribution < 1.29 is 0 Å². The fourth-order valence-electron chi connectivity index (χ4n) is 2.82. The quantitative estimate of drug-likeness (QED) is 0.806. The number of anilines is 3. The van der Waals surface area contributed by atoms with E-state index in [0.717, 1.165) is 41.9 Å². The molecule has 2 heterocycles. The lowest BCUT2D eigenvalue weighted by molar-refractivity contribution is 0.313. The van der Waals surface area contributed by atoms with Crippen molar-refractivity contribution in [3.63, 3.8) is 0 Å². The number of aromatic nitrogens is 2. The summed E-state index contributed by atoms with van der Waals surface area (Å²) in [5, 5.41) is 9.46. The van der Waals surface area contributed by atoms with Crippen LogP contribution in [0.25, 0.3) is 11.3 Å². The van der Waals surface area contributed by atoms with Gasteiger partial charge in [0.2, 0.25) is 5.95 Å². The summed E-state index contributed by atoms with van der Waals surface area (Å²) in [5.74, 6) is 0.168. The van der Waals surface area contributed by atoms with Crippen LogP contribution < -0.4 is 16.4 Å². The smallest absolute Gasteiger partial charge is 0.222 e. The molecule has 1 aromatic heterocycles. The Kier molecular flexibility index (Phi) is 4.55. The van der Waals surface area contributed by atoms with Crippen LogP contribution in [0.3, 0.4) is 0 Å². The van der Waals surface area contributed by atoms with Crippen LogP contribution in [0.5, 0.6) is 0 Å². The van der Waals surface area contributed by atoms with Crippen LogP contribution in [-0.4, -0.2) is 48.1 Å². The predicted octanol–water partition coefficient (Wildman–Crippen LogP) is 1.69. The van der Waals surface area contributed by atoms with E-state index in [9.17, 15) is 5.26 Å². The van der Waals surface area contributed by atoms with Crippen molar-refractivity contribution in [3.05, 3.63) is 28.2 Å². The van der Waals surface area contributed by atoms with Crippen LogP contribution in [0, 0.1) is 11.3 Å². The lowest BCUT2D eigenvalue weighted by Gasteiger charge is -2.35. The van der Waals surface area contributed by atoms with E-state index in [2.05, 4.69) is 48.8 Å². The molecule has 0 spiro atoms. The fourth-order valence-corrected chi connectivity index (χ4v) is 3.16. The lowest BCUT2D eigenvalue weighted by Crippen LogP contribution is -2.44. The Morgan fingerprint density at radius 2 is 1.88 bits per heavy atom. The van der Waals surface area contributed by atoms with Crippen LogP contribution >= 0.6 is 15.9 Å². The normalized spacial score (nSPS) is 15.3. The molecule has 0 radical (unpaired) electrons. The molecule has 1 aliphatic heterocycles. The van der Waals surface area contributed by atoms with Crippen LogP contribution in [-0.2, 0) is 0 Å². The van der Waals surface area contributed by atoms with E-state index < -0.39 is 0 Å². The molecule has 7 nitrogen and oxygen atoms in total. The van der Waals surface area contributed by atoms with Gasteiger partial charge in [0.05, 0.1) is 5.69 Å². The highest BCUT2D eigenvalue weighted by atomic mass is 79.9. The molecule has 0 amide bonds. The van der Waals surface area contributed by atoms with Gasteiger partial charge in [0.1, 0.15) is 17.5 Å². The van der Waals surface area contributed by atoms with Gasteiger partial charge in [-0.1, -0.05) is 15.9 Å². The van der Waals surface area contributed by atoms with Crippen molar-refractivity contribution in [2.45, 2.75) is 0 Å². The second-order valence-electron chi connectivity index (χ2n) is 5.75. The molecule has 1 aliphatic rings. The molecule has 124 valence electrons. The maximum Gasteiger partial charge on any atom is 0.222 e. The van der Waals surface area contributed by atoms with Gasteiger partial charge < -0.3 is 21.3 Å². The summed E-state index contributed by atoms with van der Waals surface area (Å²) < 4.78 is 0.966. The molecule has 8 heteroatoms. The summed E-state index contributed by atoms with van der Waals surface area (Å²) >= 11 is 3.53. The molecule has 0 aliphatic carbocycles. The SMILES string of the molecule is CN1CCN(c2cc(Br)ccc2-c2nc(N)nc(N)c2C#N)CC1. The van der Waals surface area contributed by atoms with Crippen LogP contribution in [0.2, 0.25) is 0 Å². The Hall–Kier alpha value is -2.37. The monoisotopic (exact) mass is 387 g/mol. The third kappa shape index (κ3) is 3.13. The number of halogens is 1. The number of hydrogen-bond donors (Lipinski definition) is 2. The second-order valence-corrected chi connectivity index (χ2v) is 6.67. The first-order valence-electron chi connectivity index (χ1n) is 7.56. The van der Waals surface area contributed by atoms with Crippen molar-refractivity contribution in [3.8, 4) is 17.3 Å². The molecule has 1 aromatic carbocycles. The molecule has 1 fully saturated rings. The Balaban J connectivity index is 2.14. The lowest BCUT2D eigenvalue weighted by atomic mass is 10.0. The van der Waals surface area contributed by atoms with E-state index >= 15 is 0 Å². The first-order valence-corrected chi connectivity index (χ1v) is 8.35. The van der Waals surface area contributed by atoms with Gasteiger partial charge in [-0.15, -0.1) is 0 Å². The number of rotatable bonds is 2. The topological polar surface area (TPSA) is 108 Å². The maximum atomic E-state index is 9.46. The number of nitrogen functional groups attached to an aromatic ring is 2. The number of nitrogens with two attached hydrogens (primary N) is 2. The standard InChI is InChI=1S/C16H18BrN7/c1-23-4-6-24(7-5-23)13-8-10(17)2-3-11(13)14-12(9-18)15(19)22-16(20)21-14/h2-3,8H,4-7H2,1H3,(H4,19,20,21,22). The summed E-state index contributed by atoms with van der Waals surface area (Å²) in [5.41, 5.74) is 14.2. The summed E-state index contributed by atoms with van der Waals surface area (Å²) in [4.78, 5) is 12.8. The van der Waals surface area contributed by atoms with Crippen molar-refractivity contribution >= 4 is 33.4 Å². The highest BCUT2D eigenvalue weighted by Gasteiger charge is 2.22. The Bertz CT molecular complexity index is 807. The highest BCUT2D eigenvalue weighted by molar-refractivity contribution is 9.10. The minimum atomic E-state index is 0.0637. The number of likely N-dealkylation sites (N-methyl/N-ethyl adjacent to an activating group) is 1. The van der Waals surface area contributed by atoms with Gasteiger partial charge in [-0.3, -0.25) is 0 Å². The average molecular weight is 388 g/mol. The number of nitrogens with zero attached hydrogens (tertiary/aromatic N) is 5. The van der Waals surface area contributed by atoms with E-state index in [0.29, 0.717) is 5.69 Å². The molecule has 0 unspecified atom stereocenters. The molecular weight excluding hydrogens is 370 g/mol. The van der Waals surface area contributed by atoms with Crippen molar-refractivity contribution in [2.24, 2.45) is 0 Å². The van der Waals surface area contributed by atoms with Gasteiger partial charge in [0.25, 0.3) is 0 Å². The van der Waals surface area contributed by atoms with Crippen LogP contribution in [0.4, 0.5) is 17.5 Å². The molecular formula is C16H18BrN7. The Labute approximate surface area is 149 Å². The predicted molar refractivity (Wildman–Crippen MR) is 98.4 cm³/mol. The maximum absolute atomic E-state index is 9.46. The van der Waals surface area contributed by atoms with Crippen molar-refractivity contribution in [1.29, 1.82) is 5.26 Å². The largest absolute Gasteiger partial charge is 0.382 e. The highest BCUT2D eigenvalue weighted by Crippen LogP contribution is 2.36. The number of piperazine rings is 1. The van der Waals surface area contributed by atoms with Crippen LogP contribution in [0.1, 0.15) is 5.56 Å². The van der Waals surface area contributed by atoms with E-state index in [-0.39, 0.29) is 17.3 Å². The van der Waals surface area contributed by atoms with Gasteiger partial charge in [-0.25, -0.2) is 4.98 Å². The third-order valence-corrected chi connectivity index (χ3v) is 4.62. The van der Waals surface area contributed by atoms with E-state index in [1.54, 1.807) is 0 Å². The van der Waals surface area contributed by atoms with E-state index in [1.807, 2.05) is 18.2 Å². The first kappa shape index (κ1) is 16.5. The molecule has 0 atom stereocenters. The van der Waals surface area contributed by atoms with Gasteiger partial charge in [-0.2, -0.15) is 10.2 Å². The molecule has 1 saturated heterocycles. The molecule has 4 N–H and O–H groups in total. The first-order chi connectivity index (χ1) is 11.5. The number of nitriles is 1. The summed E-state index contributed by atoms with van der Waals surface area (Å²) in [7, 11) is 2.11. The minimum Gasteiger partial charge on any atom is -0.382 e. The molecule has 0 saturated carbocycles. The number of hydrogen-bond acceptors (Lipinski definition) is 7. The van der Waals surface area contributed by atoms with Gasteiger partial charge >= 0.3 is 0 Å². The van der Waals surface area contributed by atoms with E-state index in [1.165, 1.54) is 0 Å². The van der Waals surface area contributed by atoms with E-state index in [4.69, 9.17) is 11.5 Å². The Morgan fingerprint density at radius 3 is 2.54 bits per heavy atom. The Morgan fingerprint density at radius 1 is 1.17 bits per heavy atom. The number of benzene rings is 1. The van der Waals surface area contributed by atoms with Gasteiger partial charge in [0, 0.05) is 41.9 Å². The average Bonchev–Trinajstić information content (AvgIpc) is 2.55. The zero-order valence-corrected chi connectivity index (χ0v) is 14.9. The molecule has 0 bridgehead atoms. The van der Waals surface area contributed by atoms with Gasteiger partial charge in [-0.05, 0) is 25.2 Å².